The van der Waals surface area contributed by atoms with Gasteiger partial charge in [-0.05, 0) is 24.3 Å². The maximum absolute atomic E-state index is 13.5. The van der Waals surface area contributed by atoms with Crippen molar-refractivity contribution in [2.45, 2.75) is 18.2 Å². The minimum absolute atomic E-state index is 0.0178. The maximum Gasteiger partial charge on any atom is 0.435 e. The van der Waals surface area contributed by atoms with Gasteiger partial charge in [0, 0.05) is 28.1 Å². The Morgan fingerprint density at radius 1 is 1.32 bits per heavy atom. The summed E-state index contributed by atoms with van der Waals surface area (Å²) in [6.45, 7) is 0. The molecule has 1 atom stereocenters. The molecule has 0 fully saturated rings. The third kappa shape index (κ3) is 3.20. The molecule has 1 heterocycles. The number of hydrogen-bond acceptors (Lipinski definition) is 3. The molecule has 0 bridgehead atoms. The van der Waals surface area contributed by atoms with Crippen molar-refractivity contribution in [1.82, 2.24) is 0 Å². The Morgan fingerprint density at radius 2 is 1.91 bits per heavy atom. The number of carboxylic acid groups (broad SMARTS) is 1. The van der Waals surface area contributed by atoms with Gasteiger partial charge in [0.1, 0.15) is 0 Å². The van der Waals surface area contributed by atoms with Gasteiger partial charge in [0.15, 0.2) is 0 Å². The second-order valence-corrected chi connectivity index (χ2v) is 5.38. The van der Waals surface area contributed by atoms with E-state index in [9.17, 15) is 18.0 Å². The average Bonchev–Trinajstić information content (AvgIpc) is 2.80. The fraction of sp³-hybridized carbons (Fsp3) is 0.231. The van der Waals surface area contributed by atoms with Crippen molar-refractivity contribution in [2.75, 3.05) is 0 Å². The molecule has 0 spiro atoms. The van der Waals surface area contributed by atoms with Crippen LogP contribution in [-0.2, 0) is 15.2 Å². The van der Waals surface area contributed by atoms with Crippen LogP contribution in [0, 0.1) is 0 Å². The van der Waals surface area contributed by atoms with E-state index in [-0.39, 0.29) is 21.3 Å². The lowest BCUT2D eigenvalue weighted by Gasteiger charge is -2.29. The zero-order valence-corrected chi connectivity index (χ0v) is 12.2. The highest BCUT2D eigenvalue weighted by Crippen LogP contribution is 2.49. The summed E-state index contributed by atoms with van der Waals surface area (Å²) in [4.78, 5) is 15.1. The fourth-order valence-electron chi connectivity index (χ4n) is 1.97. The smallest absolute Gasteiger partial charge is 0.435 e. The van der Waals surface area contributed by atoms with Gasteiger partial charge in [0.05, 0.1) is 5.71 Å². The monoisotopic (exact) mass is 353 g/mol. The molecule has 1 unspecified atom stereocenters. The first-order valence-electron chi connectivity index (χ1n) is 5.83. The minimum atomic E-state index is -4.80. The molecule has 1 aromatic carbocycles. The standard InChI is InChI=1S/C13H8Cl2F3NO3/c14-8-3-7(4-9(15)5-8)12(13(16,17)18)6-10(19-22-12)1-2-11(20)21/h1-5H,6H2,(H,20,21)/b2-1+. The summed E-state index contributed by atoms with van der Waals surface area (Å²) in [5.41, 5.74) is -3.21. The van der Waals surface area contributed by atoms with Gasteiger partial charge < -0.3 is 9.94 Å². The van der Waals surface area contributed by atoms with Crippen molar-refractivity contribution in [1.29, 1.82) is 0 Å². The number of benzene rings is 1. The van der Waals surface area contributed by atoms with E-state index < -0.39 is 24.2 Å². The highest BCUT2D eigenvalue weighted by Gasteiger charge is 2.62. The van der Waals surface area contributed by atoms with E-state index in [4.69, 9.17) is 28.3 Å². The highest BCUT2D eigenvalue weighted by atomic mass is 35.5. The van der Waals surface area contributed by atoms with E-state index in [1.165, 1.54) is 6.07 Å². The normalized spacial score (nSPS) is 21.8. The molecule has 1 aliphatic rings. The van der Waals surface area contributed by atoms with Crippen LogP contribution >= 0.6 is 23.2 Å². The Hall–Kier alpha value is -1.73. The Kier molecular flexibility index (Phi) is 4.39. The van der Waals surface area contributed by atoms with Gasteiger partial charge >= 0.3 is 12.1 Å². The Labute approximate surface area is 132 Å². The third-order valence-electron chi connectivity index (χ3n) is 2.95. The lowest BCUT2D eigenvalue weighted by Crippen LogP contribution is -2.42. The topological polar surface area (TPSA) is 58.9 Å². The van der Waals surface area contributed by atoms with Crippen LogP contribution in [0.25, 0.3) is 0 Å². The third-order valence-corrected chi connectivity index (χ3v) is 3.39. The Morgan fingerprint density at radius 3 is 2.41 bits per heavy atom. The molecular formula is C13H8Cl2F3NO3. The Balaban J connectivity index is 2.43. The number of oxime groups is 1. The number of aliphatic carboxylic acids is 1. The molecule has 1 aliphatic heterocycles. The van der Waals surface area contributed by atoms with Crippen molar-refractivity contribution >= 4 is 34.9 Å². The van der Waals surface area contributed by atoms with Crippen molar-refractivity contribution in [2.24, 2.45) is 5.16 Å². The molecule has 0 radical (unpaired) electrons. The molecule has 118 valence electrons. The van der Waals surface area contributed by atoms with E-state index in [1.54, 1.807) is 0 Å². The predicted octanol–water partition coefficient (Wildman–Crippen LogP) is 4.17. The summed E-state index contributed by atoms with van der Waals surface area (Å²) in [5.74, 6) is -1.31. The zero-order valence-electron chi connectivity index (χ0n) is 10.7. The minimum Gasteiger partial charge on any atom is -0.478 e. The number of allylic oxidation sites excluding steroid dienone is 1. The van der Waals surface area contributed by atoms with E-state index in [1.807, 2.05) is 0 Å². The summed E-state index contributed by atoms with van der Waals surface area (Å²) in [6, 6.07) is 3.46. The van der Waals surface area contributed by atoms with Crippen molar-refractivity contribution in [3.8, 4) is 0 Å². The number of rotatable bonds is 3. The first-order valence-corrected chi connectivity index (χ1v) is 6.59. The fourth-order valence-corrected chi connectivity index (χ4v) is 2.50. The molecule has 0 aromatic heterocycles. The SMILES string of the molecule is O=C(O)/C=C/C1=NOC(c2cc(Cl)cc(Cl)c2)(C(F)(F)F)C1. The molecule has 0 saturated carbocycles. The molecule has 0 saturated heterocycles. The second-order valence-electron chi connectivity index (χ2n) is 4.51. The maximum atomic E-state index is 13.5. The first-order chi connectivity index (χ1) is 10.1. The molecule has 22 heavy (non-hydrogen) atoms. The molecule has 2 rings (SSSR count). The number of alkyl halides is 3. The summed E-state index contributed by atoms with van der Waals surface area (Å²) in [7, 11) is 0. The van der Waals surface area contributed by atoms with Crippen LogP contribution in [0.3, 0.4) is 0 Å². The average molecular weight is 354 g/mol. The van der Waals surface area contributed by atoms with Crippen LogP contribution in [0.4, 0.5) is 13.2 Å². The number of nitrogens with zero attached hydrogens (tertiary/aromatic N) is 1. The van der Waals surface area contributed by atoms with Crippen molar-refractivity contribution < 1.29 is 27.9 Å². The lowest BCUT2D eigenvalue weighted by atomic mass is 9.88. The van der Waals surface area contributed by atoms with Crippen LogP contribution < -0.4 is 0 Å². The van der Waals surface area contributed by atoms with Gasteiger partial charge in [0.25, 0.3) is 5.60 Å². The van der Waals surface area contributed by atoms with Crippen molar-refractivity contribution in [3.05, 3.63) is 46.0 Å². The van der Waals surface area contributed by atoms with Gasteiger partial charge in [-0.3, -0.25) is 0 Å². The lowest BCUT2D eigenvalue weighted by molar-refractivity contribution is -0.275. The number of carbonyl (C=O) groups is 1. The van der Waals surface area contributed by atoms with Gasteiger partial charge in [0.2, 0.25) is 0 Å². The van der Waals surface area contributed by atoms with E-state index in [2.05, 4.69) is 9.99 Å². The molecule has 4 nitrogen and oxygen atoms in total. The van der Waals surface area contributed by atoms with E-state index in [0.717, 1.165) is 18.2 Å². The number of carboxylic acids is 1. The largest absolute Gasteiger partial charge is 0.478 e. The molecule has 1 N–H and O–H groups in total. The van der Waals surface area contributed by atoms with Gasteiger partial charge in [-0.1, -0.05) is 28.4 Å². The molecule has 0 aliphatic carbocycles. The van der Waals surface area contributed by atoms with Crippen LogP contribution in [-0.4, -0.2) is 23.0 Å². The summed E-state index contributed by atoms with van der Waals surface area (Å²) < 4.78 is 40.5. The van der Waals surface area contributed by atoms with Crippen LogP contribution in [0.15, 0.2) is 35.5 Å². The summed E-state index contributed by atoms with van der Waals surface area (Å²) in [5, 5.41) is 11.9. The zero-order chi connectivity index (χ0) is 16.5. The van der Waals surface area contributed by atoms with Crippen LogP contribution in [0.2, 0.25) is 10.0 Å². The highest BCUT2D eigenvalue weighted by molar-refractivity contribution is 6.34. The first kappa shape index (κ1) is 16.6. The summed E-state index contributed by atoms with van der Waals surface area (Å²) >= 11 is 11.5. The van der Waals surface area contributed by atoms with E-state index in [0.29, 0.717) is 6.08 Å². The van der Waals surface area contributed by atoms with Gasteiger partial charge in [-0.15, -0.1) is 0 Å². The number of hydrogen-bond donors (Lipinski definition) is 1. The molecule has 9 heteroatoms. The molecular weight excluding hydrogens is 346 g/mol. The van der Waals surface area contributed by atoms with Gasteiger partial charge in [-0.25, -0.2) is 4.79 Å². The quantitative estimate of drug-likeness (QED) is 0.829. The van der Waals surface area contributed by atoms with E-state index >= 15 is 0 Å². The predicted molar refractivity (Wildman–Crippen MR) is 74.1 cm³/mol. The van der Waals surface area contributed by atoms with Crippen LogP contribution in [0.1, 0.15) is 12.0 Å². The second kappa shape index (κ2) is 5.81. The van der Waals surface area contributed by atoms with Gasteiger partial charge in [-0.2, -0.15) is 13.2 Å². The van der Waals surface area contributed by atoms with Crippen LogP contribution in [0.5, 0.6) is 0 Å². The molecule has 1 aromatic rings. The molecule has 0 amide bonds. The summed E-state index contributed by atoms with van der Waals surface area (Å²) in [6.07, 6.45) is -3.86. The van der Waals surface area contributed by atoms with Crippen molar-refractivity contribution in [3.63, 3.8) is 0 Å². The number of halogens is 5. The Bertz CT molecular complexity index is 653.